The Bertz CT molecular complexity index is 672. The maximum Gasteiger partial charge on any atom is 0.323 e. The Kier molecular flexibility index (Phi) is 4.77. The van der Waals surface area contributed by atoms with E-state index in [9.17, 15) is 4.79 Å². The summed E-state index contributed by atoms with van der Waals surface area (Å²) in [4.78, 5) is 12.1. The Hall–Kier alpha value is -2.00. The first-order valence-corrected chi connectivity index (χ1v) is 7.59. The molecule has 0 fully saturated rings. The number of urea groups is 1. The number of carbonyl (C=O) groups excluding carboxylic acids is 1. The molecule has 0 atom stereocenters. The molecule has 2 aromatic rings. The number of rotatable bonds is 2. The zero-order chi connectivity index (χ0) is 16.3. The molecule has 2 aromatic carbocycles. The second-order valence-corrected chi connectivity index (χ2v) is 6.73. The number of halogens is 1. The molecule has 0 spiro atoms. The monoisotopic (exact) mass is 316 g/mol. The number of hydrogen-bond donors (Lipinski definition) is 2. The first kappa shape index (κ1) is 16.4. The van der Waals surface area contributed by atoms with Gasteiger partial charge in [-0.1, -0.05) is 50.6 Å². The summed E-state index contributed by atoms with van der Waals surface area (Å²) in [5, 5.41) is 6.26. The van der Waals surface area contributed by atoms with Crippen LogP contribution < -0.4 is 10.6 Å². The molecule has 0 unspecified atom stereocenters. The van der Waals surface area contributed by atoms with E-state index in [1.807, 2.05) is 43.3 Å². The normalized spacial score (nSPS) is 11.1. The van der Waals surface area contributed by atoms with E-state index >= 15 is 0 Å². The Morgan fingerprint density at radius 2 is 1.64 bits per heavy atom. The van der Waals surface area contributed by atoms with Crippen LogP contribution in [0.2, 0.25) is 5.02 Å². The minimum atomic E-state index is -0.283. The molecule has 22 heavy (non-hydrogen) atoms. The standard InChI is InChI=1S/C18H21ClN2O/c1-12-15(19)6-5-7-16(12)21-17(22)20-14-10-8-13(9-11-14)18(2,3)4/h5-11H,1-4H3,(H2,20,21,22). The average Bonchev–Trinajstić information content (AvgIpc) is 2.43. The molecule has 2 rings (SSSR count). The molecular formula is C18H21ClN2O. The zero-order valence-electron chi connectivity index (χ0n) is 13.3. The van der Waals surface area contributed by atoms with E-state index in [0.717, 1.165) is 11.3 Å². The van der Waals surface area contributed by atoms with Crippen LogP contribution in [0.1, 0.15) is 31.9 Å². The predicted molar refractivity (Wildman–Crippen MR) is 94.0 cm³/mol. The van der Waals surface area contributed by atoms with Crippen molar-refractivity contribution in [2.45, 2.75) is 33.1 Å². The van der Waals surface area contributed by atoms with Gasteiger partial charge in [0, 0.05) is 16.4 Å². The minimum absolute atomic E-state index is 0.0959. The highest BCUT2D eigenvalue weighted by atomic mass is 35.5. The second kappa shape index (κ2) is 6.41. The summed E-state index contributed by atoms with van der Waals surface area (Å²) in [7, 11) is 0. The first-order valence-electron chi connectivity index (χ1n) is 7.21. The van der Waals surface area contributed by atoms with Crippen molar-refractivity contribution < 1.29 is 4.79 Å². The number of nitrogens with one attached hydrogen (secondary N) is 2. The van der Waals surface area contributed by atoms with E-state index in [1.54, 1.807) is 6.07 Å². The Labute approximate surface area is 136 Å². The molecule has 0 aliphatic heterocycles. The zero-order valence-corrected chi connectivity index (χ0v) is 14.1. The molecule has 2 N–H and O–H groups in total. The predicted octanol–water partition coefficient (Wildman–Crippen LogP) is 5.59. The molecule has 0 heterocycles. The van der Waals surface area contributed by atoms with Crippen LogP contribution in [-0.4, -0.2) is 6.03 Å². The van der Waals surface area contributed by atoms with Gasteiger partial charge in [-0.3, -0.25) is 0 Å². The van der Waals surface area contributed by atoms with Gasteiger partial charge in [-0.15, -0.1) is 0 Å². The van der Waals surface area contributed by atoms with Gasteiger partial charge in [0.2, 0.25) is 0 Å². The van der Waals surface area contributed by atoms with Crippen molar-refractivity contribution in [3.8, 4) is 0 Å². The van der Waals surface area contributed by atoms with Gasteiger partial charge in [-0.25, -0.2) is 4.79 Å². The number of benzene rings is 2. The average molecular weight is 317 g/mol. The number of anilines is 2. The number of hydrogen-bond acceptors (Lipinski definition) is 1. The molecular weight excluding hydrogens is 296 g/mol. The third-order valence-electron chi connectivity index (χ3n) is 3.52. The van der Waals surface area contributed by atoms with Gasteiger partial charge in [0.25, 0.3) is 0 Å². The van der Waals surface area contributed by atoms with E-state index in [4.69, 9.17) is 11.6 Å². The molecule has 0 aromatic heterocycles. The largest absolute Gasteiger partial charge is 0.323 e. The van der Waals surface area contributed by atoms with Crippen molar-refractivity contribution in [1.29, 1.82) is 0 Å². The summed E-state index contributed by atoms with van der Waals surface area (Å²) in [6, 6.07) is 13.0. The van der Waals surface area contributed by atoms with Gasteiger partial charge in [-0.05, 0) is 47.7 Å². The lowest BCUT2D eigenvalue weighted by Gasteiger charge is -2.19. The van der Waals surface area contributed by atoms with E-state index < -0.39 is 0 Å². The Balaban J connectivity index is 2.05. The van der Waals surface area contributed by atoms with Crippen LogP contribution in [0.5, 0.6) is 0 Å². The van der Waals surface area contributed by atoms with E-state index in [0.29, 0.717) is 10.7 Å². The molecule has 4 heteroatoms. The SMILES string of the molecule is Cc1c(Cl)cccc1NC(=O)Nc1ccc(C(C)(C)C)cc1. The lowest BCUT2D eigenvalue weighted by Crippen LogP contribution is -2.20. The maximum atomic E-state index is 12.1. The first-order chi connectivity index (χ1) is 10.3. The highest BCUT2D eigenvalue weighted by Gasteiger charge is 2.13. The molecule has 0 radical (unpaired) electrons. The summed E-state index contributed by atoms with van der Waals surface area (Å²) < 4.78 is 0. The van der Waals surface area contributed by atoms with Gasteiger partial charge in [0.15, 0.2) is 0 Å². The van der Waals surface area contributed by atoms with Crippen LogP contribution >= 0.6 is 11.6 Å². The molecule has 3 nitrogen and oxygen atoms in total. The second-order valence-electron chi connectivity index (χ2n) is 6.32. The highest BCUT2D eigenvalue weighted by molar-refractivity contribution is 6.31. The van der Waals surface area contributed by atoms with Crippen molar-refractivity contribution >= 4 is 29.0 Å². The molecule has 0 saturated heterocycles. The fourth-order valence-electron chi connectivity index (χ4n) is 2.08. The fourth-order valence-corrected chi connectivity index (χ4v) is 2.26. The van der Waals surface area contributed by atoms with Crippen molar-refractivity contribution in [1.82, 2.24) is 0 Å². The molecule has 2 amide bonds. The topological polar surface area (TPSA) is 41.1 Å². The summed E-state index contributed by atoms with van der Waals surface area (Å²) >= 11 is 6.05. The van der Waals surface area contributed by atoms with Gasteiger partial charge in [-0.2, -0.15) is 0 Å². The van der Waals surface area contributed by atoms with E-state index in [-0.39, 0.29) is 11.4 Å². The van der Waals surface area contributed by atoms with Crippen LogP contribution in [-0.2, 0) is 5.41 Å². The number of amides is 2. The summed E-state index contributed by atoms with van der Waals surface area (Å²) in [6.07, 6.45) is 0. The van der Waals surface area contributed by atoms with Crippen LogP contribution in [0.4, 0.5) is 16.2 Å². The number of carbonyl (C=O) groups is 1. The van der Waals surface area contributed by atoms with Gasteiger partial charge < -0.3 is 10.6 Å². The van der Waals surface area contributed by atoms with Gasteiger partial charge >= 0.3 is 6.03 Å². The highest BCUT2D eigenvalue weighted by Crippen LogP contribution is 2.25. The van der Waals surface area contributed by atoms with Crippen molar-refractivity contribution in [3.05, 3.63) is 58.6 Å². The van der Waals surface area contributed by atoms with Crippen LogP contribution in [0, 0.1) is 6.92 Å². The summed E-state index contributed by atoms with van der Waals surface area (Å²) in [6.45, 7) is 8.34. The molecule has 116 valence electrons. The lowest BCUT2D eigenvalue weighted by molar-refractivity contribution is 0.262. The van der Waals surface area contributed by atoms with Gasteiger partial charge in [0.05, 0.1) is 0 Å². The van der Waals surface area contributed by atoms with Crippen molar-refractivity contribution in [2.24, 2.45) is 0 Å². The van der Waals surface area contributed by atoms with Crippen molar-refractivity contribution in [3.63, 3.8) is 0 Å². The summed E-state index contributed by atoms with van der Waals surface area (Å²) in [5.74, 6) is 0. The smallest absolute Gasteiger partial charge is 0.308 e. The molecule has 0 aliphatic carbocycles. The summed E-state index contributed by atoms with van der Waals surface area (Å²) in [5.41, 5.74) is 3.63. The van der Waals surface area contributed by atoms with Crippen LogP contribution in [0.15, 0.2) is 42.5 Å². The third-order valence-corrected chi connectivity index (χ3v) is 3.93. The maximum absolute atomic E-state index is 12.1. The quantitative estimate of drug-likeness (QED) is 0.745. The third kappa shape index (κ3) is 4.01. The van der Waals surface area contributed by atoms with E-state index in [2.05, 4.69) is 31.4 Å². The van der Waals surface area contributed by atoms with Crippen molar-refractivity contribution in [2.75, 3.05) is 10.6 Å². The Morgan fingerprint density at radius 3 is 2.23 bits per heavy atom. The Morgan fingerprint density at radius 1 is 1.00 bits per heavy atom. The molecule has 0 aliphatic rings. The van der Waals surface area contributed by atoms with Gasteiger partial charge in [0.1, 0.15) is 0 Å². The fraction of sp³-hybridized carbons (Fsp3) is 0.278. The molecule has 0 saturated carbocycles. The minimum Gasteiger partial charge on any atom is -0.308 e. The molecule has 0 bridgehead atoms. The van der Waals surface area contributed by atoms with E-state index in [1.165, 1.54) is 5.56 Å². The lowest BCUT2D eigenvalue weighted by atomic mass is 9.87. The van der Waals surface area contributed by atoms with Crippen LogP contribution in [0.25, 0.3) is 0 Å². The van der Waals surface area contributed by atoms with Crippen LogP contribution in [0.3, 0.4) is 0 Å².